The third-order valence-corrected chi connectivity index (χ3v) is 4.89. The standard InChI is InChI=1S/C13H15FN2O3S/c1-9-6-11(14)12(15)7-13(9)20(17,18)16(2)8-10-4-3-5-19-10/h3-7H,8,15H2,1-2H3. The molecule has 0 aliphatic carbocycles. The number of furan rings is 1. The number of hydrogen-bond acceptors (Lipinski definition) is 4. The maximum atomic E-state index is 13.3. The highest BCUT2D eigenvalue weighted by Gasteiger charge is 2.24. The van der Waals surface area contributed by atoms with Crippen LogP contribution in [-0.2, 0) is 16.6 Å². The van der Waals surface area contributed by atoms with Crippen LogP contribution in [0.25, 0.3) is 0 Å². The van der Waals surface area contributed by atoms with E-state index in [1.165, 1.54) is 20.2 Å². The van der Waals surface area contributed by atoms with Crippen molar-refractivity contribution in [1.29, 1.82) is 0 Å². The first-order valence-electron chi connectivity index (χ1n) is 5.86. The highest BCUT2D eigenvalue weighted by Crippen LogP contribution is 2.24. The molecular formula is C13H15FN2O3S. The second-order valence-electron chi connectivity index (χ2n) is 4.48. The molecule has 2 aromatic rings. The van der Waals surface area contributed by atoms with Gasteiger partial charge in [0.05, 0.1) is 23.4 Å². The van der Waals surface area contributed by atoms with Crippen molar-refractivity contribution < 1.29 is 17.2 Å². The lowest BCUT2D eigenvalue weighted by Crippen LogP contribution is -2.27. The molecule has 2 N–H and O–H groups in total. The van der Waals surface area contributed by atoms with Gasteiger partial charge in [0.25, 0.3) is 0 Å². The van der Waals surface area contributed by atoms with Gasteiger partial charge in [0, 0.05) is 7.05 Å². The number of hydrogen-bond donors (Lipinski definition) is 1. The van der Waals surface area contributed by atoms with Crippen LogP contribution in [0.4, 0.5) is 10.1 Å². The Morgan fingerprint density at radius 3 is 2.70 bits per heavy atom. The Hall–Kier alpha value is -1.86. The highest BCUT2D eigenvalue weighted by molar-refractivity contribution is 7.89. The molecule has 0 fully saturated rings. The van der Waals surface area contributed by atoms with Gasteiger partial charge < -0.3 is 10.2 Å². The van der Waals surface area contributed by atoms with E-state index < -0.39 is 15.8 Å². The summed E-state index contributed by atoms with van der Waals surface area (Å²) in [5, 5.41) is 0. The van der Waals surface area contributed by atoms with Crippen LogP contribution in [0.2, 0.25) is 0 Å². The number of halogens is 1. The van der Waals surface area contributed by atoms with Crippen LogP contribution in [0.15, 0.2) is 39.8 Å². The van der Waals surface area contributed by atoms with Gasteiger partial charge in [0.15, 0.2) is 0 Å². The molecule has 0 amide bonds. The zero-order valence-electron chi connectivity index (χ0n) is 11.1. The number of sulfonamides is 1. The van der Waals surface area contributed by atoms with Crippen LogP contribution < -0.4 is 5.73 Å². The quantitative estimate of drug-likeness (QED) is 0.877. The molecule has 1 aromatic carbocycles. The van der Waals surface area contributed by atoms with Crippen molar-refractivity contribution in [2.45, 2.75) is 18.4 Å². The number of nitrogens with two attached hydrogens (primary N) is 1. The number of rotatable bonds is 4. The Morgan fingerprint density at radius 2 is 2.10 bits per heavy atom. The first-order chi connectivity index (χ1) is 9.32. The van der Waals surface area contributed by atoms with Crippen molar-refractivity contribution in [2.24, 2.45) is 0 Å². The van der Waals surface area contributed by atoms with Gasteiger partial charge >= 0.3 is 0 Å². The van der Waals surface area contributed by atoms with E-state index in [0.717, 1.165) is 16.4 Å². The SMILES string of the molecule is Cc1cc(F)c(N)cc1S(=O)(=O)N(C)Cc1ccco1. The Labute approximate surface area is 116 Å². The summed E-state index contributed by atoms with van der Waals surface area (Å²) in [5.41, 5.74) is 5.56. The number of anilines is 1. The predicted octanol–water partition coefficient (Wildman–Crippen LogP) is 2.13. The van der Waals surface area contributed by atoms with Crippen molar-refractivity contribution in [2.75, 3.05) is 12.8 Å². The highest BCUT2D eigenvalue weighted by atomic mass is 32.2. The molecule has 0 saturated carbocycles. The largest absolute Gasteiger partial charge is 0.468 e. The first-order valence-corrected chi connectivity index (χ1v) is 7.30. The Morgan fingerprint density at radius 1 is 1.40 bits per heavy atom. The molecule has 0 atom stereocenters. The number of benzene rings is 1. The topological polar surface area (TPSA) is 76.5 Å². The van der Waals surface area contributed by atoms with Gasteiger partial charge in [-0.3, -0.25) is 0 Å². The average Bonchev–Trinajstić information content (AvgIpc) is 2.86. The molecule has 2 rings (SSSR count). The Kier molecular flexibility index (Phi) is 3.82. The van der Waals surface area contributed by atoms with E-state index >= 15 is 0 Å². The number of aryl methyl sites for hydroxylation is 1. The first kappa shape index (κ1) is 14.5. The van der Waals surface area contributed by atoms with Gasteiger partial charge in [0.2, 0.25) is 10.0 Å². The van der Waals surface area contributed by atoms with Crippen molar-refractivity contribution in [3.63, 3.8) is 0 Å². The van der Waals surface area contributed by atoms with Crippen molar-refractivity contribution >= 4 is 15.7 Å². The maximum absolute atomic E-state index is 13.3. The molecule has 0 unspecified atom stereocenters. The summed E-state index contributed by atoms with van der Waals surface area (Å²) in [4.78, 5) is -0.00884. The number of nitrogens with zero attached hydrogens (tertiary/aromatic N) is 1. The molecule has 1 heterocycles. The predicted molar refractivity (Wildman–Crippen MR) is 72.9 cm³/mol. The van der Waals surface area contributed by atoms with E-state index in [0.29, 0.717) is 11.3 Å². The van der Waals surface area contributed by atoms with Gasteiger partial charge in [0.1, 0.15) is 11.6 Å². The molecule has 0 spiro atoms. The summed E-state index contributed by atoms with van der Waals surface area (Å²) in [6.45, 7) is 1.61. The zero-order valence-corrected chi connectivity index (χ0v) is 11.9. The van der Waals surface area contributed by atoms with E-state index in [1.807, 2.05) is 0 Å². The van der Waals surface area contributed by atoms with Gasteiger partial charge in [-0.15, -0.1) is 0 Å². The minimum atomic E-state index is -3.76. The summed E-state index contributed by atoms with van der Waals surface area (Å²) in [6, 6.07) is 5.61. The third kappa shape index (κ3) is 2.68. The molecule has 108 valence electrons. The third-order valence-electron chi connectivity index (χ3n) is 2.94. The summed E-state index contributed by atoms with van der Waals surface area (Å²) < 4.78 is 44.5. The van der Waals surface area contributed by atoms with Gasteiger partial charge in [-0.2, -0.15) is 4.31 Å². The van der Waals surface area contributed by atoms with Crippen LogP contribution in [0.1, 0.15) is 11.3 Å². The second kappa shape index (κ2) is 5.26. The normalized spacial score (nSPS) is 12.0. The minimum absolute atomic E-state index is 0.00884. The second-order valence-corrected chi connectivity index (χ2v) is 6.49. The molecule has 0 saturated heterocycles. The molecule has 0 radical (unpaired) electrons. The summed E-state index contributed by atoms with van der Waals surface area (Å²) >= 11 is 0. The summed E-state index contributed by atoms with van der Waals surface area (Å²) in [7, 11) is -2.33. The van der Waals surface area contributed by atoms with Crippen LogP contribution >= 0.6 is 0 Å². The molecule has 20 heavy (non-hydrogen) atoms. The van der Waals surface area contributed by atoms with Crippen molar-refractivity contribution in [3.05, 3.63) is 47.7 Å². The monoisotopic (exact) mass is 298 g/mol. The summed E-state index contributed by atoms with van der Waals surface area (Å²) in [5.74, 6) is -0.112. The molecule has 0 aliphatic rings. The molecular weight excluding hydrogens is 283 g/mol. The number of nitrogen functional groups attached to an aromatic ring is 1. The van der Waals surface area contributed by atoms with E-state index in [2.05, 4.69) is 0 Å². The molecule has 7 heteroatoms. The van der Waals surface area contributed by atoms with E-state index in [-0.39, 0.29) is 17.1 Å². The fourth-order valence-electron chi connectivity index (χ4n) is 1.82. The molecule has 5 nitrogen and oxygen atoms in total. The zero-order chi connectivity index (χ0) is 14.9. The fourth-order valence-corrected chi connectivity index (χ4v) is 3.20. The van der Waals surface area contributed by atoms with Gasteiger partial charge in [-0.05, 0) is 36.8 Å². The van der Waals surface area contributed by atoms with Gasteiger partial charge in [-0.25, -0.2) is 12.8 Å². The fraction of sp³-hybridized carbons (Fsp3) is 0.231. The Bertz CT molecular complexity index is 711. The van der Waals surface area contributed by atoms with Crippen LogP contribution in [0.3, 0.4) is 0 Å². The maximum Gasteiger partial charge on any atom is 0.243 e. The summed E-state index contributed by atoms with van der Waals surface area (Å²) in [6.07, 6.45) is 1.47. The van der Waals surface area contributed by atoms with Crippen molar-refractivity contribution in [3.8, 4) is 0 Å². The van der Waals surface area contributed by atoms with Crippen LogP contribution in [0.5, 0.6) is 0 Å². The van der Waals surface area contributed by atoms with Crippen LogP contribution in [0, 0.1) is 12.7 Å². The Balaban J connectivity index is 2.37. The minimum Gasteiger partial charge on any atom is -0.468 e. The van der Waals surface area contributed by atoms with Crippen LogP contribution in [-0.4, -0.2) is 19.8 Å². The smallest absolute Gasteiger partial charge is 0.243 e. The lowest BCUT2D eigenvalue weighted by atomic mass is 10.2. The van der Waals surface area contributed by atoms with E-state index in [9.17, 15) is 12.8 Å². The lowest BCUT2D eigenvalue weighted by Gasteiger charge is -2.18. The van der Waals surface area contributed by atoms with E-state index in [1.54, 1.807) is 12.1 Å². The van der Waals surface area contributed by atoms with Crippen molar-refractivity contribution in [1.82, 2.24) is 4.31 Å². The lowest BCUT2D eigenvalue weighted by molar-refractivity contribution is 0.406. The van der Waals surface area contributed by atoms with E-state index in [4.69, 9.17) is 10.2 Å². The molecule has 0 aliphatic heterocycles. The van der Waals surface area contributed by atoms with Gasteiger partial charge in [-0.1, -0.05) is 0 Å². The molecule has 1 aromatic heterocycles. The average molecular weight is 298 g/mol. The molecule has 0 bridgehead atoms.